The second kappa shape index (κ2) is 17.0. The van der Waals surface area contributed by atoms with E-state index < -0.39 is 47.7 Å². The number of carbonyl (C=O) groups excluding carboxylic acids is 5. The predicted molar refractivity (Wildman–Crippen MR) is 196 cm³/mol. The van der Waals surface area contributed by atoms with E-state index in [4.69, 9.17) is 4.74 Å². The van der Waals surface area contributed by atoms with E-state index in [0.717, 1.165) is 28.5 Å². The van der Waals surface area contributed by atoms with Gasteiger partial charge in [-0.25, -0.2) is 0 Å². The van der Waals surface area contributed by atoms with E-state index in [1.54, 1.807) is 24.3 Å². The van der Waals surface area contributed by atoms with Crippen molar-refractivity contribution in [1.29, 1.82) is 0 Å². The Kier molecular flexibility index (Phi) is 11.8. The number of para-hydroxylation sites is 2. The molecular formula is C40H46N6O6. The first kappa shape index (κ1) is 36.2. The van der Waals surface area contributed by atoms with E-state index in [1.165, 1.54) is 0 Å². The molecule has 4 aromatic rings. The number of hydrogen-bond donors (Lipinski definition) is 6. The summed E-state index contributed by atoms with van der Waals surface area (Å²) in [5.41, 5.74) is 1.82. The largest absolute Gasteiger partial charge is 0.493 e. The van der Waals surface area contributed by atoms with E-state index in [0.29, 0.717) is 44.3 Å². The lowest BCUT2D eigenvalue weighted by molar-refractivity contribution is -0.138. The Morgan fingerprint density at radius 3 is 2.42 bits per heavy atom. The van der Waals surface area contributed by atoms with Gasteiger partial charge in [-0.15, -0.1) is 0 Å². The highest BCUT2D eigenvalue weighted by atomic mass is 16.5. The molecule has 2 aliphatic rings. The van der Waals surface area contributed by atoms with Gasteiger partial charge in [0.25, 0.3) is 5.91 Å². The van der Waals surface area contributed by atoms with E-state index >= 15 is 0 Å². The van der Waals surface area contributed by atoms with Gasteiger partial charge >= 0.3 is 0 Å². The molecule has 52 heavy (non-hydrogen) atoms. The van der Waals surface area contributed by atoms with Crippen molar-refractivity contribution in [2.75, 3.05) is 19.7 Å². The van der Waals surface area contributed by atoms with Gasteiger partial charge in [0.05, 0.1) is 18.6 Å². The molecule has 5 amide bonds. The summed E-state index contributed by atoms with van der Waals surface area (Å²) in [5, 5.41) is 15.6. The Hall–Kier alpha value is -5.65. The highest BCUT2D eigenvalue weighted by Gasteiger charge is 2.43. The lowest BCUT2D eigenvalue weighted by Crippen LogP contribution is -2.63. The van der Waals surface area contributed by atoms with Crippen molar-refractivity contribution in [3.63, 3.8) is 0 Å². The zero-order chi connectivity index (χ0) is 36.3. The maximum atomic E-state index is 14.2. The molecule has 1 aliphatic heterocycles. The molecule has 2 heterocycles. The molecule has 12 nitrogen and oxygen atoms in total. The number of rotatable bonds is 6. The van der Waals surface area contributed by atoms with Crippen LogP contribution in [0.2, 0.25) is 0 Å². The van der Waals surface area contributed by atoms with Crippen LogP contribution in [0.3, 0.4) is 0 Å². The molecular weight excluding hydrogens is 660 g/mol. The van der Waals surface area contributed by atoms with Crippen LogP contribution in [-0.4, -0.2) is 71.8 Å². The highest BCUT2D eigenvalue weighted by Crippen LogP contribution is 2.29. The van der Waals surface area contributed by atoms with E-state index in [-0.39, 0.29) is 37.6 Å². The Bertz CT molecular complexity index is 1890. The van der Waals surface area contributed by atoms with Crippen molar-refractivity contribution >= 4 is 40.4 Å². The number of carbonyl (C=O) groups is 5. The Balaban J connectivity index is 1.25. The fraction of sp³-hybridized carbons (Fsp3) is 0.375. The van der Waals surface area contributed by atoms with Crippen LogP contribution in [0.25, 0.3) is 10.9 Å². The van der Waals surface area contributed by atoms with Gasteiger partial charge in [0, 0.05) is 36.6 Å². The number of aromatic amines is 1. The zero-order valence-electron chi connectivity index (χ0n) is 29.2. The van der Waals surface area contributed by atoms with Gasteiger partial charge < -0.3 is 36.3 Å². The quantitative estimate of drug-likeness (QED) is 0.179. The number of hydrogen-bond acceptors (Lipinski definition) is 6. The van der Waals surface area contributed by atoms with Crippen LogP contribution in [0.5, 0.6) is 5.75 Å². The van der Waals surface area contributed by atoms with Gasteiger partial charge in [-0.1, -0.05) is 79.9 Å². The van der Waals surface area contributed by atoms with Crippen LogP contribution in [0.4, 0.5) is 0 Å². The summed E-state index contributed by atoms with van der Waals surface area (Å²) in [5.74, 6) is -2.16. The first-order valence-corrected chi connectivity index (χ1v) is 18.1. The number of benzene rings is 3. The van der Waals surface area contributed by atoms with Crippen molar-refractivity contribution in [3.8, 4) is 5.75 Å². The van der Waals surface area contributed by atoms with E-state index in [1.807, 2.05) is 60.8 Å². The van der Waals surface area contributed by atoms with Crippen molar-refractivity contribution in [3.05, 3.63) is 102 Å². The first-order chi connectivity index (χ1) is 25.3. The molecule has 1 fully saturated rings. The third-order valence-corrected chi connectivity index (χ3v) is 9.81. The molecule has 1 aromatic heterocycles. The van der Waals surface area contributed by atoms with Gasteiger partial charge in [0.15, 0.2) is 0 Å². The maximum absolute atomic E-state index is 14.2. The summed E-state index contributed by atoms with van der Waals surface area (Å²) in [6.45, 7) is 0.742. The lowest BCUT2D eigenvalue weighted by Gasteiger charge is -2.38. The van der Waals surface area contributed by atoms with Crippen molar-refractivity contribution in [2.24, 2.45) is 0 Å². The molecule has 272 valence electrons. The second-order valence-corrected chi connectivity index (χ2v) is 13.5. The summed E-state index contributed by atoms with van der Waals surface area (Å²) in [7, 11) is 0. The van der Waals surface area contributed by atoms with Crippen LogP contribution < -0.4 is 31.3 Å². The Morgan fingerprint density at radius 1 is 0.846 bits per heavy atom. The number of amides is 5. The van der Waals surface area contributed by atoms with Crippen molar-refractivity contribution in [2.45, 2.75) is 75.4 Å². The third-order valence-electron chi connectivity index (χ3n) is 9.81. The van der Waals surface area contributed by atoms with Crippen molar-refractivity contribution in [1.82, 2.24) is 31.6 Å². The summed E-state index contributed by atoms with van der Waals surface area (Å²) in [6.07, 6.45) is 5.79. The van der Waals surface area contributed by atoms with Crippen LogP contribution in [0.1, 0.15) is 66.4 Å². The molecule has 2 atom stereocenters. The SMILES string of the molecule is O=C1C[C@@H](C(=O)NCCc2c[nH]c3ccccc23)NC(=O)c2ccccc2OCCCNC(=O)[C@H](Cc2ccccc2)NC(=O)C2(CCCCC2)N1. The summed E-state index contributed by atoms with van der Waals surface area (Å²) in [6, 6.07) is 21.9. The standard InChI is InChI=1S/C40H46N6O6/c47-35-25-33(38(50)42-22-18-28-26-43-31-16-7-5-14-29(28)31)44-36(48)30-15-6-8-17-34(30)52-23-11-21-41-37(49)32(24-27-12-3-1-4-13-27)45-39(51)40(46-35)19-9-2-10-20-40/h1,3-8,12-17,26,32-33,43H,2,9-11,18-25H2,(H,41,49)(H,42,50)(H,44,48)(H,45,51)(H,46,47)/t32-,33-/m0/s1. The summed E-state index contributed by atoms with van der Waals surface area (Å²) < 4.78 is 5.95. The van der Waals surface area contributed by atoms with Gasteiger partial charge in [-0.2, -0.15) is 0 Å². The number of fused-ring (bicyclic) bond motifs is 2. The molecule has 0 saturated heterocycles. The average Bonchev–Trinajstić information content (AvgIpc) is 3.57. The first-order valence-electron chi connectivity index (χ1n) is 18.1. The van der Waals surface area contributed by atoms with Crippen molar-refractivity contribution < 1.29 is 28.7 Å². The van der Waals surface area contributed by atoms with Gasteiger partial charge in [0.1, 0.15) is 23.4 Å². The fourth-order valence-electron chi connectivity index (χ4n) is 7.02. The molecule has 0 radical (unpaired) electrons. The summed E-state index contributed by atoms with van der Waals surface area (Å²) >= 11 is 0. The molecule has 0 unspecified atom stereocenters. The van der Waals surface area contributed by atoms with E-state index in [2.05, 4.69) is 31.6 Å². The predicted octanol–water partition coefficient (Wildman–Crippen LogP) is 3.46. The number of H-pyrrole nitrogens is 1. The second-order valence-electron chi connectivity index (χ2n) is 13.5. The number of nitrogens with one attached hydrogen (secondary N) is 6. The monoisotopic (exact) mass is 706 g/mol. The Labute approximate surface area is 302 Å². The smallest absolute Gasteiger partial charge is 0.255 e. The van der Waals surface area contributed by atoms with Crippen LogP contribution >= 0.6 is 0 Å². The minimum absolute atomic E-state index is 0.198. The molecule has 1 spiro atoms. The molecule has 3 aromatic carbocycles. The highest BCUT2D eigenvalue weighted by molar-refractivity contribution is 6.01. The number of aromatic nitrogens is 1. The fourth-order valence-corrected chi connectivity index (χ4v) is 7.02. The van der Waals surface area contributed by atoms with Crippen LogP contribution in [-0.2, 0) is 32.0 Å². The normalized spacial score (nSPS) is 20.2. The summed E-state index contributed by atoms with van der Waals surface area (Å²) in [4.78, 5) is 72.2. The van der Waals surface area contributed by atoms with Crippen LogP contribution in [0.15, 0.2) is 85.1 Å². The lowest BCUT2D eigenvalue weighted by atomic mass is 9.80. The maximum Gasteiger partial charge on any atom is 0.255 e. The molecule has 0 bridgehead atoms. The average molecular weight is 707 g/mol. The number of ether oxygens (including phenoxy) is 1. The van der Waals surface area contributed by atoms with Gasteiger partial charge in [0.2, 0.25) is 23.6 Å². The van der Waals surface area contributed by atoms with Gasteiger partial charge in [-0.3, -0.25) is 24.0 Å². The van der Waals surface area contributed by atoms with Crippen LogP contribution in [0, 0.1) is 0 Å². The minimum Gasteiger partial charge on any atom is -0.493 e. The molecule has 1 aliphatic carbocycles. The topological polar surface area (TPSA) is 171 Å². The molecule has 6 rings (SSSR count). The van der Waals surface area contributed by atoms with Gasteiger partial charge in [-0.05, 0) is 55.0 Å². The minimum atomic E-state index is -1.28. The molecule has 1 saturated carbocycles. The molecule has 6 N–H and O–H groups in total. The van der Waals surface area contributed by atoms with E-state index in [9.17, 15) is 24.0 Å². The molecule has 12 heteroatoms. The third kappa shape index (κ3) is 8.98. The zero-order valence-corrected chi connectivity index (χ0v) is 29.2. The Morgan fingerprint density at radius 2 is 1.60 bits per heavy atom.